The molecule has 0 N–H and O–H groups in total. The molecule has 0 bridgehead atoms. The molecule has 1 aromatic carbocycles. The maximum absolute atomic E-state index is 9.00. The van der Waals surface area contributed by atoms with Gasteiger partial charge in [0.25, 0.3) is 0 Å². The number of hydrogen-bond donors (Lipinski definition) is 0. The Labute approximate surface area is 137 Å². The first-order valence-corrected chi connectivity index (χ1v) is 8.15. The van der Waals surface area contributed by atoms with Crippen LogP contribution in [0.3, 0.4) is 0 Å². The summed E-state index contributed by atoms with van der Waals surface area (Å²) in [6.45, 7) is 8.94. The number of nitriles is 2. The van der Waals surface area contributed by atoms with E-state index in [9.17, 15) is 0 Å². The van der Waals surface area contributed by atoms with Crippen LogP contribution in [-0.2, 0) is 0 Å². The normalized spacial score (nSPS) is 20.2. The monoisotopic (exact) mass is 306 g/mol. The molecule has 2 heterocycles. The van der Waals surface area contributed by atoms with Crippen molar-refractivity contribution >= 4 is 11.4 Å². The van der Waals surface area contributed by atoms with Gasteiger partial charge in [-0.1, -0.05) is 24.3 Å². The first-order chi connectivity index (χ1) is 11.0. The maximum atomic E-state index is 9.00. The van der Waals surface area contributed by atoms with E-state index in [1.165, 1.54) is 23.9 Å². The summed E-state index contributed by atoms with van der Waals surface area (Å²) in [5, 5.41) is 19.9. The molecular formula is C19H22N4. The molecule has 1 atom stereocenters. The summed E-state index contributed by atoms with van der Waals surface area (Å²) in [7, 11) is 0. The summed E-state index contributed by atoms with van der Waals surface area (Å²) >= 11 is 0. The second kappa shape index (κ2) is 5.63. The molecule has 2 fully saturated rings. The van der Waals surface area contributed by atoms with E-state index in [0.29, 0.717) is 11.3 Å². The highest BCUT2D eigenvalue weighted by molar-refractivity contribution is 5.72. The Bertz CT molecular complexity index is 777. The number of rotatable bonds is 0. The van der Waals surface area contributed by atoms with E-state index in [1.54, 1.807) is 0 Å². The lowest BCUT2D eigenvalue weighted by molar-refractivity contribution is 0.232. The van der Waals surface area contributed by atoms with Gasteiger partial charge in [0, 0.05) is 35.1 Å². The number of nitrogens with zero attached hydrogens (tertiary/aromatic N) is 4. The van der Waals surface area contributed by atoms with Gasteiger partial charge in [0.05, 0.1) is 0 Å². The van der Waals surface area contributed by atoms with Crippen molar-refractivity contribution in [1.82, 2.24) is 9.80 Å². The second-order valence-corrected chi connectivity index (χ2v) is 7.27. The number of fused-ring (bicyclic) bond motifs is 1. The van der Waals surface area contributed by atoms with Crippen molar-refractivity contribution in [2.24, 2.45) is 0 Å². The van der Waals surface area contributed by atoms with Gasteiger partial charge in [-0.3, -0.25) is 0 Å². The molecule has 23 heavy (non-hydrogen) atoms. The summed E-state index contributed by atoms with van der Waals surface area (Å²) in [6.07, 6.45) is 2.51. The van der Waals surface area contributed by atoms with Gasteiger partial charge in [0.1, 0.15) is 23.5 Å². The van der Waals surface area contributed by atoms with E-state index in [0.717, 1.165) is 13.1 Å². The van der Waals surface area contributed by atoms with Crippen LogP contribution < -0.4 is 10.4 Å². The van der Waals surface area contributed by atoms with Crippen LogP contribution in [0.2, 0.25) is 0 Å². The molecule has 0 radical (unpaired) electrons. The molecule has 4 heteroatoms. The smallest absolute Gasteiger partial charge is 0.136 e. The van der Waals surface area contributed by atoms with Crippen LogP contribution >= 0.6 is 0 Å². The minimum Gasteiger partial charge on any atom is -0.353 e. The first-order valence-electron chi connectivity index (χ1n) is 8.15. The zero-order chi connectivity index (χ0) is 16.6. The number of hydrogen-bond acceptors (Lipinski definition) is 4. The fourth-order valence-corrected chi connectivity index (χ4v) is 3.61. The van der Waals surface area contributed by atoms with Crippen molar-refractivity contribution in [3.05, 3.63) is 34.7 Å². The SMILES string of the molecule is CC(C)(C)N1CC2CCCN2C1=c1ccc(=C(C#N)C#N)cc1. The quantitative estimate of drug-likeness (QED) is 0.729. The largest absolute Gasteiger partial charge is 0.353 e. The minimum atomic E-state index is 0.0783. The van der Waals surface area contributed by atoms with Crippen molar-refractivity contribution in [2.75, 3.05) is 13.1 Å². The van der Waals surface area contributed by atoms with E-state index in [-0.39, 0.29) is 11.1 Å². The first kappa shape index (κ1) is 15.4. The highest BCUT2D eigenvalue weighted by atomic mass is 15.4. The van der Waals surface area contributed by atoms with E-state index < -0.39 is 0 Å². The van der Waals surface area contributed by atoms with Gasteiger partial charge < -0.3 is 9.80 Å². The summed E-state index contributed by atoms with van der Waals surface area (Å²) in [5.41, 5.74) is 0.245. The third kappa shape index (κ3) is 2.66. The molecule has 0 amide bonds. The summed E-state index contributed by atoms with van der Waals surface area (Å²) in [4.78, 5) is 5.02. The van der Waals surface area contributed by atoms with Crippen molar-refractivity contribution in [3.63, 3.8) is 0 Å². The van der Waals surface area contributed by atoms with Gasteiger partial charge in [-0.05, 0) is 33.6 Å². The van der Waals surface area contributed by atoms with E-state index in [1.807, 2.05) is 36.4 Å². The molecule has 118 valence electrons. The average molecular weight is 306 g/mol. The van der Waals surface area contributed by atoms with Crippen LogP contribution in [0.15, 0.2) is 24.3 Å². The fourth-order valence-electron chi connectivity index (χ4n) is 3.61. The average Bonchev–Trinajstić information content (AvgIpc) is 3.09. The molecule has 1 unspecified atom stereocenters. The molecule has 3 rings (SSSR count). The van der Waals surface area contributed by atoms with Crippen molar-refractivity contribution in [3.8, 4) is 12.1 Å². The van der Waals surface area contributed by atoms with Crippen LogP contribution in [0, 0.1) is 22.7 Å². The van der Waals surface area contributed by atoms with Gasteiger partial charge in [0.15, 0.2) is 0 Å². The van der Waals surface area contributed by atoms with Crippen LogP contribution in [0.4, 0.5) is 0 Å². The number of benzene rings is 1. The second-order valence-electron chi connectivity index (χ2n) is 7.27. The molecule has 2 saturated heterocycles. The van der Waals surface area contributed by atoms with Crippen LogP contribution in [0.1, 0.15) is 33.6 Å². The Balaban J connectivity index is 2.17. The van der Waals surface area contributed by atoms with Crippen LogP contribution in [0.25, 0.3) is 11.4 Å². The van der Waals surface area contributed by atoms with Gasteiger partial charge >= 0.3 is 0 Å². The third-order valence-electron chi connectivity index (χ3n) is 4.76. The molecule has 2 aliphatic heterocycles. The minimum absolute atomic E-state index is 0.0783. The predicted molar refractivity (Wildman–Crippen MR) is 89.9 cm³/mol. The van der Waals surface area contributed by atoms with Gasteiger partial charge in [-0.25, -0.2) is 0 Å². The van der Waals surface area contributed by atoms with E-state index in [4.69, 9.17) is 10.5 Å². The van der Waals surface area contributed by atoms with Crippen LogP contribution in [-0.4, -0.2) is 34.5 Å². The van der Waals surface area contributed by atoms with Gasteiger partial charge in [0.2, 0.25) is 0 Å². The lowest BCUT2D eigenvalue weighted by Crippen LogP contribution is -2.41. The maximum Gasteiger partial charge on any atom is 0.136 e. The Morgan fingerprint density at radius 3 is 2.35 bits per heavy atom. The fraction of sp³-hybridized carbons (Fsp3) is 0.474. The standard InChI is InChI=1S/C19H22N4/c1-19(2,3)23-13-17-5-4-10-22(17)18(23)15-8-6-14(7-9-15)16(11-20)12-21/h6-9,17H,4-5,10,13H2,1-3H3. The summed E-state index contributed by atoms with van der Waals surface area (Å²) in [5.74, 6) is 1.29. The predicted octanol–water partition coefficient (Wildman–Crippen LogP) is 1.53. The van der Waals surface area contributed by atoms with Gasteiger partial charge in [-0.2, -0.15) is 10.5 Å². The van der Waals surface area contributed by atoms with Crippen LogP contribution in [0.5, 0.6) is 0 Å². The van der Waals surface area contributed by atoms with Crippen molar-refractivity contribution in [1.29, 1.82) is 10.5 Å². The van der Waals surface area contributed by atoms with Gasteiger partial charge in [-0.15, -0.1) is 0 Å². The summed E-state index contributed by atoms with van der Waals surface area (Å²) in [6, 6.07) is 12.4. The van der Waals surface area contributed by atoms with E-state index in [2.05, 4.69) is 30.6 Å². The Morgan fingerprint density at radius 2 is 1.78 bits per heavy atom. The topological polar surface area (TPSA) is 54.1 Å². The molecule has 0 aromatic heterocycles. The molecule has 2 aliphatic rings. The molecule has 0 aliphatic carbocycles. The lowest BCUT2D eigenvalue weighted by Gasteiger charge is -2.35. The molecular weight excluding hydrogens is 284 g/mol. The Hall–Kier alpha value is -2.46. The molecule has 4 nitrogen and oxygen atoms in total. The third-order valence-corrected chi connectivity index (χ3v) is 4.76. The Morgan fingerprint density at radius 1 is 1.13 bits per heavy atom. The Kier molecular flexibility index (Phi) is 3.78. The molecule has 0 spiro atoms. The lowest BCUT2D eigenvalue weighted by atomic mass is 10.1. The van der Waals surface area contributed by atoms with Crippen molar-refractivity contribution in [2.45, 2.75) is 45.2 Å². The molecule has 1 aromatic rings. The highest BCUT2D eigenvalue weighted by Gasteiger charge is 2.41. The zero-order valence-corrected chi connectivity index (χ0v) is 14.0. The molecule has 0 saturated carbocycles. The highest BCUT2D eigenvalue weighted by Crippen LogP contribution is 2.36. The van der Waals surface area contributed by atoms with Crippen molar-refractivity contribution < 1.29 is 0 Å². The summed E-state index contributed by atoms with van der Waals surface area (Å²) < 4.78 is 0. The zero-order valence-electron chi connectivity index (χ0n) is 14.0. The van der Waals surface area contributed by atoms with E-state index >= 15 is 0 Å².